The molecular formula is C16H26N2OS. The lowest BCUT2D eigenvalue weighted by Crippen LogP contribution is -2.25. The maximum absolute atomic E-state index is 11.8. The Bertz CT molecular complexity index is 392. The molecule has 0 bridgehead atoms. The van der Waals surface area contributed by atoms with Gasteiger partial charge in [-0.05, 0) is 48.5 Å². The molecule has 1 rings (SSSR count). The van der Waals surface area contributed by atoms with Crippen LogP contribution in [-0.4, -0.2) is 24.5 Å². The Labute approximate surface area is 126 Å². The number of hydrogen-bond acceptors (Lipinski definition) is 3. The first kappa shape index (κ1) is 16.9. The Morgan fingerprint density at radius 1 is 1.25 bits per heavy atom. The third-order valence-electron chi connectivity index (χ3n) is 3.34. The van der Waals surface area contributed by atoms with E-state index in [0.717, 1.165) is 24.2 Å². The summed E-state index contributed by atoms with van der Waals surface area (Å²) in [6.45, 7) is 2.87. The molecule has 0 heterocycles. The highest BCUT2D eigenvalue weighted by Crippen LogP contribution is 2.19. The molecule has 0 radical (unpaired) electrons. The second-order valence-corrected chi connectivity index (χ2v) is 6.16. The molecule has 0 saturated heterocycles. The number of carbonyl (C=O) groups excluding carboxylic acids is 1. The first-order chi connectivity index (χ1) is 9.63. The van der Waals surface area contributed by atoms with Gasteiger partial charge in [0.1, 0.15) is 0 Å². The summed E-state index contributed by atoms with van der Waals surface area (Å²) in [6, 6.07) is 7.76. The van der Waals surface area contributed by atoms with Gasteiger partial charge in [0.05, 0.1) is 0 Å². The average molecular weight is 294 g/mol. The quantitative estimate of drug-likeness (QED) is 0.542. The molecule has 20 heavy (non-hydrogen) atoms. The predicted molar refractivity (Wildman–Crippen MR) is 89.1 cm³/mol. The van der Waals surface area contributed by atoms with Crippen LogP contribution in [0.1, 0.15) is 44.1 Å². The van der Waals surface area contributed by atoms with Gasteiger partial charge in [0.25, 0.3) is 0 Å². The standard InChI is InChI=1S/C16H26N2OS/c1-13(14-6-8-15(17)9-7-14)12-16(19)18-10-4-3-5-11-20-2/h6-9,13H,3-5,10-12,17H2,1-2H3,(H,18,19). The lowest BCUT2D eigenvalue weighted by Gasteiger charge is -2.12. The van der Waals surface area contributed by atoms with E-state index >= 15 is 0 Å². The molecule has 1 amide bonds. The summed E-state index contributed by atoms with van der Waals surface area (Å²) < 4.78 is 0. The molecule has 1 atom stereocenters. The fourth-order valence-corrected chi connectivity index (χ4v) is 2.56. The van der Waals surface area contributed by atoms with Crippen molar-refractivity contribution in [1.82, 2.24) is 5.32 Å². The summed E-state index contributed by atoms with van der Waals surface area (Å²) in [7, 11) is 0. The Kier molecular flexibility index (Phi) is 8.19. The Morgan fingerprint density at radius 2 is 1.95 bits per heavy atom. The number of nitrogen functional groups attached to an aromatic ring is 1. The van der Waals surface area contributed by atoms with E-state index in [4.69, 9.17) is 5.73 Å². The summed E-state index contributed by atoms with van der Waals surface area (Å²) in [4.78, 5) is 11.8. The molecule has 1 aromatic carbocycles. The van der Waals surface area contributed by atoms with E-state index in [0.29, 0.717) is 6.42 Å². The van der Waals surface area contributed by atoms with Gasteiger partial charge in [-0.3, -0.25) is 4.79 Å². The fraction of sp³-hybridized carbons (Fsp3) is 0.562. The molecule has 4 heteroatoms. The van der Waals surface area contributed by atoms with Crippen LogP contribution in [0.4, 0.5) is 5.69 Å². The van der Waals surface area contributed by atoms with Crippen molar-refractivity contribution < 1.29 is 4.79 Å². The van der Waals surface area contributed by atoms with E-state index in [1.807, 2.05) is 36.0 Å². The fourth-order valence-electron chi connectivity index (χ4n) is 2.07. The van der Waals surface area contributed by atoms with Crippen molar-refractivity contribution in [3.63, 3.8) is 0 Å². The van der Waals surface area contributed by atoms with E-state index in [1.165, 1.54) is 18.6 Å². The molecule has 3 nitrogen and oxygen atoms in total. The molecule has 1 aromatic rings. The maximum Gasteiger partial charge on any atom is 0.220 e. The van der Waals surface area contributed by atoms with Crippen molar-refractivity contribution in [3.05, 3.63) is 29.8 Å². The van der Waals surface area contributed by atoms with E-state index in [-0.39, 0.29) is 11.8 Å². The SMILES string of the molecule is CSCCCCCNC(=O)CC(C)c1ccc(N)cc1. The molecule has 0 saturated carbocycles. The molecule has 1 unspecified atom stereocenters. The molecule has 0 aromatic heterocycles. The summed E-state index contributed by atoms with van der Waals surface area (Å²) in [5.41, 5.74) is 7.58. The van der Waals surface area contributed by atoms with Gasteiger partial charge in [0.2, 0.25) is 5.91 Å². The summed E-state index contributed by atoms with van der Waals surface area (Å²) in [5, 5.41) is 3.00. The monoisotopic (exact) mass is 294 g/mol. The second kappa shape index (κ2) is 9.70. The minimum Gasteiger partial charge on any atom is -0.399 e. The van der Waals surface area contributed by atoms with Crippen LogP contribution in [0.25, 0.3) is 0 Å². The van der Waals surface area contributed by atoms with E-state index in [2.05, 4.69) is 18.5 Å². The number of benzene rings is 1. The smallest absolute Gasteiger partial charge is 0.220 e. The van der Waals surface area contributed by atoms with Gasteiger partial charge < -0.3 is 11.1 Å². The Hall–Kier alpha value is -1.16. The highest BCUT2D eigenvalue weighted by atomic mass is 32.2. The van der Waals surface area contributed by atoms with Gasteiger partial charge in [0.15, 0.2) is 0 Å². The molecule has 0 aliphatic rings. The number of rotatable bonds is 9. The molecule has 0 spiro atoms. The zero-order valence-electron chi connectivity index (χ0n) is 12.5. The first-order valence-electron chi connectivity index (χ1n) is 7.24. The van der Waals surface area contributed by atoms with Crippen molar-refractivity contribution >= 4 is 23.4 Å². The highest BCUT2D eigenvalue weighted by Gasteiger charge is 2.10. The van der Waals surface area contributed by atoms with Crippen molar-refractivity contribution in [1.29, 1.82) is 0 Å². The summed E-state index contributed by atoms with van der Waals surface area (Å²) in [5.74, 6) is 1.58. The van der Waals surface area contributed by atoms with Crippen LogP contribution < -0.4 is 11.1 Å². The Balaban J connectivity index is 2.19. The van der Waals surface area contributed by atoms with Crippen molar-refractivity contribution in [2.45, 2.75) is 38.5 Å². The topological polar surface area (TPSA) is 55.1 Å². The predicted octanol–water partition coefficient (Wildman–Crippen LogP) is 3.41. The number of hydrogen-bond donors (Lipinski definition) is 2. The molecule has 0 aliphatic heterocycles. The van der Waals surface area contributed by atoms with Crippen LogP contribution in [-0.2, 0) is 4.79 Å². The highest BCUT2D eigenvalue weighted by molar-refractivity contribution is 7.98. The van der Waals surface area contributed by atoms with Crippen LogP contribution in [0.3, 0.4) is 0 Å². The molecule has 0 aliphatic carbocycles. The van der Waals surface area contributed by atoms with E-state index < -0.39 is 0 Å². The minimum absolute atomic E-state index is 0.138. The van der Waals surface area contributed by atoms with Gasteiger partial charge in [0, 0.05) is 18.7 Å². The minimum atomic E-state index is 0.138. The van der Waals surface area contributed by atoms with Gasteiger partial charge in [-0.1, -0.05) is 25.5 Å². The van der Waals surface area contributed by atoms with E-state index in [9.17, 15) is 4.79 Å². The molecule has 3 N–H and O–H groups in total. The number of amides is 1. The lowest BCUT2D eigenvalue weighted by molar-refractivity contribution is -0.121. The lowest BCUT2D eigenvalue weighted by atomic mass is 9.97. The van der Waals surface area contributed by atoms with Gasteiger partial charge in [-0.25, -0.2) is 0 Å². The number of unbranched alkanes of at least 4 members (excludes halogenated alkanes) is 2. The molecular weight excluding hydrogens is 268 g/mol. The number of carbonyl (C=O) groups is 1. The number of nitrogens with two attached hydrogens (primary N) is 1. The number of nitrogens with one attached hydrogen (secondary N) is 1. The zero-order chi connectivity index (χ0) is 14.8. The average Bonchev–Trinajstić information content (AvgIpc) is 2.43. The van der Waals surface area contributed by atoms with Crippen molar-refractivity contribution in [2.75, 3.05) is 24.3 Å². The molecule has 0 fully saturated rings. The van der Waals surface area contributed by atoms with Crippen LogP contribution in [0.5, 0.6) is 0 Å². The zero-order valence-corrected chi connectivity index (χ0v) is 13.3. The van der Waals surface area contributed by atoms with Gasteiger partial charge in [-0.2, -0.15) is 11.8 Å². The third kappa shape index (κ3) is 6.85. The van der Waals surface area contributed by atoms with Gasteiger partial charge >= 0.3 is 0 Å². The van der Waals surface area contributed by atoms with Gasteiger partial charge in [-0.15, -0.1) is 0 Å². The maximum atomic E-state index is 11.8. The number of thioether (sulfide) groups is 1. The van der Waals surface area contributed by atoms with Crippen molar-refractivity contribution in [3.8, 4) is 0 Å². The normalized spacial score (nSPS) is 12.1. The van der Waals surface area contributed by atoms with E-state index in [1.54, 1.807) is 0 Å². The van der Waals surface area contributed by atoms with Crippen LogP contribution in [0.15, 0.2) is 24.3 Å². The summed E-state index contributed by atoms with van der Waals surface area (Å²) in [6.07, 6.45) is 6.16. The first-order valence-corrected chi connectivity index (χ1v) is 8.64. The third-order valence-corrected chi connectivity index (χ3v) is 4.04. The molecule has 112 valence electrons. The summed E-state index contributed by atoms with van der Waals surface area (Å²) >= 11 is 1.88. The number of anilines is 1. The van der Waals surface area contributed by atoms with Crippen LogP contribution in [0, 0.1) is 0 Å². The largest absolute Gasteiger partial charge is 0.399 e. The Morgan fingerprint density at radius 3 is 2.60 bits per heavy atom. The van der Waals surface area contributed by atoms with Crippen LogP contribution in [0.2, 0.25) is 0 Å². The van der Waals surface area contributed by atoms with Crippen molar-refractivity contribution in [2.24, 2.45) is 0 Å². The van der Waals surface area contributed by atoms with Crippen LogP contribution >= 0.6 is 11.8 Å². The second-order valence-electron chi connectivity index (χ2n) is 5.18.